The maximum atomic E-state index is 13.9. The summed E-state index contributed by atoms with van der Waals surface area (Å²) < 4.78 is 16.4. The van der Waals surface area contributed by atoms with Crippen LogP contribution in [-0.4, -0.2) is 9.55 Å². The number of terminal acetylenes is 1. The Labute approximate surface area is 119 Å². The molecule has 2 aromatic rings. The predicted molar refractivity (Wildman–Crippen MR) is 77.9 cm³/mol. The minimum Gasteiger partial charge on any atom is -0.383 e. The average Bonchev–Trinajstić information content (AvgIpc) is 2.70. The van der Waals surface area contributed by atoms with E-state index in [0.29, 0.717) is 30.0 Å². The molecule has 0 aliphatic rings. The van der Waals surface area contributed by atoms with Crippen LogP contribution in [0, 0.1) is 18.2 Å². The lowest BCUT2D eigenvalue weighted by atomic mass is 10.1. The molecule has 0 unspecified atom stereocenters. The van der Waals surface area contributed by atoms with Crippen molar-refractivity contribution >= 4 is 21.7 Å². The van der Waals surface area contributed by atoms with Crippen molar-refractivity contribution in [3.8, 4) is 23.6 Å². The first-order chi connectivity index (χ1) is 9.08. The molecule has 2 N–H and O–H groups in total. The van der Waals surface area contributed by atoms with E-state index in [4.69, 9.17) is 12.2 Å². The van der Waals surface area contributed by atoms with E-state index in [2.05, 4.69) is 26.8 Å². The van der Waals surface area contributed by atoms with Crippen molar-refractivity contribution in [2.24, 2.45) is 0 Å². The van der Waals surface area contributed by atoms with Crippen molar-refractivity contribution in [2.75, 3.05) is 5.73 Å². The first-order valence-corrected chi connectivity index (χ1v) is 6.61. The molecular weight excluding hydrogens is 309 g/mol. The quantitative estimate of drug-likeness (QED) is 0.882. The van der Waals surface area contributed by atoms with E-state index in [-0.39, 0.29) is 5.82 Å². The van der Waals surface area contributed by atoms with E-state index < -0.39 is 0 Å². The Hall–Kier alpha value is -1.80. The summed E-state index contributed by atoms with van der Waals surface area (Å²) in [7, 11) is 0. The van der Waals surface area contributed by atoms with E-state index in [1.54, 1.807) is 16.7 Å². The van der Waals surface area contributed by atoms with E-state index in [9.17, 15) is 4.39 Å². The number of hydrogen-bond acceptors (Lipinski definition) is 2. The molecule has 0 aliphatic carbocycles. The van der Waals surface area contributed by atoms with Gasteiger partial charge in [-0.3, -0.25) is 0 Å². The van der Waals surface area contributed by atoms with Crippen LogP contribution in [0.5, 0.6) is 0 Å². The van der Waals surface area contributed by atoms with Crippen LogP contribution in [0.3, 0.4) is 0 Å². The summed E-state index contributed by atoms with van der Waals surface area (Å²) in [5.41, 5.74) is 6.85. The molecule has 1 heterocycles. The lowest BCUT2D eigenvalue weighted by Crippen LogP contribution is -2.05. The molecule has 98 valence electrons. The number of aryl methyl sites for hydroxylation is 1. The molecule has 0 amide bonds. The highest BCUT2D eigenvalue weighted by Gasteiger charge is 2.17. The van der Waals surface area contributed by atoms with Gasteiger partial charge in [0.05, 0.1) is 6.54 Å². The summed E-state index contributed by atoms with van der Waals surface area (Å²) in [5, 5.41) is 0. The summed E-state index contributed by atoms with van der Waals surface area (Å²) in [6.07, 6.45) is 6.00. The van der Waals surface area contributed by atoms with Crippen molar-refractivity contribution < 1.29 is 4.39 Å². The molecule has 0 aliphatic heterocycles. The topological polar surface area (TPSA) is 43.8 Å². The number of nitrogens with zero attached hydrogens (tertiary/aromatic N) is 2. The predicted octanol–water partition coefficient (Wildman–Crippen LogP) is 3.23. The molecule has 1 aromatic heterocycles. The maximum absolute atomic E-state index is 13.9. The van der Waals surface area contributed by atoms with Gasteiger partial charge < -0.3 is 10.3 Å². The van der Waals surface area contributed by atoms with Crippen LogP contribution in [0.1, 0.15) is 12.7 Å². The molecule has 1 aromatic carbocycles. The van der Waals surface area contributed by atoms with Crippen LogP contribution in [0.15, 0.2) is 22.7 Å². The number of nitrogens with two attached hydrogens (primary N) is 1. The van der Waals surface area contributed by atoms with Gasteiger partial charge in [0.2, 0.25) is 0 Å². The van der Waals surface area contributed by atoms with Gasteiger partial charge in [0, 0.05) is 16.5 Å². The fraction of sp³-hybridized carbons (Fsp3) is 0.214. The average molecular weight is 322 g/mol. The van der Waals surface area contributed by atoms with Crippen molar-refractivity contribution in [3.63, 3.8) is 0 Å². The highest BCUT2D eigenvalue weighted by Crippen LogP contribution is 2.30. The standard InChI is InChI=1S/C14H13BrFN3/c1-3-7-19-12(4-2)18-13(14(19)17)10-8-9(15)5-6-11(10)16/h1,5-6,8H,4,7,17H2,2H3. The van der Waals surface area contributed by atoms with Gasteiger partial charge in [0.1, 0.15) is 23.2 Å². The molecule has 5 heteroatoms. The number of benzene rings is 1. The van der Waals surface area contributed by atoms with Gasteiger partial charge in [0.25, 0.3) is 0 Å². The Morgan fingerprint density at radius 2 is 2.26 bits per heavy atom. The summed E-state index contributed by atoms with van der Waals surface area (Å²) in [6.45, 7) is 2.29. The molecule has 2 rings (SSSR count). The third kappa shape index (κ3) is 2.49. The monoisotopic (exact) mass is 321 g/mol. The fourth-order valence-corrected chi connectivity index (χ4v) is 2.29. The number of aromatic nitrogens is 2. The Kier molecular flexibility index (Phi) is 3.91. The first-order valence-electron chi connectivity index (χ1n) is 5.82. The van der Waals surface area contributed by atoms with Gasteiger partial charge in [0.15, 0.2) is 0 Å². The molecular formula is C14H13BrFN3. The van der Waals surface area contributed by atoms with Crippen molar-refractivity contribution in [3.05, 3.63) is 34.3 Å². The van der Waals surface area contributed by atoms with Gasteiger partial charge >= 0.3 is 0 Å². The van der Waals surface area contributed by atoms with Crippen LogP contribution in [0.25, 0.3) is 11.3 Å². The maximum Gasteiger partial charge on any atom is 0.132 e. The molecule has 0 saturated carbocycles. The van der Waals surface area contributed by atoms with Crippen LogP contribution < -0.4 is 5.73 Å². The SMILES string of the molecule is C#CCn1c(CC)nc(-c2cc(Br)ccc2F)c1N. The van der Waals surface area contributed by atoms with Gasteiger partial charge in [-0.25, -0.2) is 9.37 Å². The van der Waals surface area contributed by atoms with Gasteiger partial charge in [-0.1, -0.05) is 28.8 Å². The first kappa shape index (κ1) is 13.6. The lowest BCUT2D eigenvalue weighted by Gasteiger charge is -2.05. The third-order valence-corrected chi connectivity index (χ3v) is 3.33. The number of anilines is 1. The van der Waals surface area contributed by atoms with Crippen LogP contribution in [0.4, 0.5) is 10.2 Å². The van der Waals surface area contributed by atoms with Gasteiger partial charge in [-0.05, 0) is 18.2 Å². The zero-order chi connectivity index (χ0) is 14.0. The summed E-state index contributed by atoms with van der Waals surface area (Å²) in [4.78, 5) is 4.40. The lowest BCUT2D eigenvalue weighted by molar-refractivity contribution is 0.630. The second-order valence-corrected chi connectivity index (χ2v) is 4.95. The summed E-state index contributed by atoms with van der Waals surface area (Å²) in [5.74, 6) is 3.32. The second-order valence-electron chi connectivity index (χ2n) is 4.03. The zero-order valence-corrected chi connectivity index (χ0v) is 12.0. The summed E-state index contributed by atoms with van der Waals surface area (Å²) in [6, 6.07) is 4.67. The largest absolute Gasteiger partial charge is 0.383 e. The second kappa shape index (κ2) is 5.45. The van der Waals surface area contributed by atoms with Crippen molar-refractivity contribution in [1.29, 1.82) is 0 Å². The number of nitrogen functional groups attached to an aromatic ring is 1. The fourth-order valence-electron chi connectivity index (χ4n) is 1.93. The van der Waals surface area contributed by atoms with Crippen LogP contribution in [-0.2, 0) is 13.0 Å². The minimum absolute atomic E-state index is 0.331. The van der Waals surface area contributed by atoms with E-state index in [1.165, 1.54) is 6.07 Å². The molecule has 0 spiro atoms. The van der Waals surface area contributed by atoms with Gasteiger partial charge in [-0.2, -0.15) is 0 Å². The van der Waals surface area contributed by atoms with E-state index >= 15 is 0 Å². The Bertz CT molecular complexity index is 655. The van der Waals surface area contributed by atoms with Crippen molar-refractivity contribution in [2.45, 2.75) is 19.9 Å². The highest BCUT2D eigenvalue weighted by molar-refractivity contribution is 9.10. The van der Waals surface area contributed by atoms with E-state index in [0.717, 1.165) is 10.3 Å². The molecule has 0 radical (unpaired) electrons. The van der Waals surface area contributed by atoms with Gasteiger partial charge in [-0.15, -0.1) is 6.42 Å². The van der Waals surface area contributed by atoms with Crippen molar-refractivity contribution in [1.82, 2.24) is 9.55 Å². The Balaban J connectivity index is 2.63. The third-order valence-electron chi connectivity index (χ3n) is 2.84. The number of imidazole rings is 1. The molecule has 0 fully saturated rings. The number of halogens is 2. The molecule has 0 atom stereocenters. The normalized spacial score (nSPS) is 10.4. The van der Waals surface area contributed by atoms with E-state index in [1.807, 2.05) is 6.92 Å². The molecule has 0 bridgehead atoms. The summed E-state index contributed by atoms with van der Waals surface area (Å²) >= 11 is 3.32. The van der Waals surface area contributed by atoms with Crippen LogP contribution >= 0.6 is 15.9 Å². The molecule has 3 nitrogen and oxygen atoms in total. The molecule has 19 heavy (non-hydrogen) atoms. The minimum atomic E-state index is -0.358. The zero-order valence-electron chi connectivity index (χ0n) is 10.5. The van der Waals surface area contributed by atoms with Crippen LogP contribution in [0.2, 0.25) is 0 Å². The Morgan fingerprint density at radius 1 is 1.53 bits per heavy atom. The number of hydrogen-bond donors (Lipinski definition) is 1. The molecule has 0 saturated heterocycles. The Morgan fingerprint density at radius 3 is 2.89 bits per heavy atom. The smallest absolute Gasteiger partial charge is 0.132 e. The highest BCUT2D eigenvalue weighted by atomic mass is 79.9. The number of rotatable bonds is 3.